The van der Waals surface area contributed by atoms with Crippen molar-refractivity contribution >= 4 is 5.96 Å². The normalized spacial score (nSPS) is 12.5. The molecule has 0 aliphatic rings. The van der Waals surface area contributed by atoms with Crippen LogP contribution < -0.4 is 20.1 Å². The van der Waals surface area contributed by atoms with E-state index in [1.54, 1.807) is 26.5 Å². The maximum absolute atomic E-state index is 5.49. The van der Waals surface area contributed by atoms with Gasteiger partial charge in [0.25, 0.3) is 0 Å². The molecule has 0 aliphatic heterocycles. The largest absolute Gasteiger partial charge is 0.497 e. The molecule has 0 fully saturated rings. The van der Waals surface area contributed by atoms with Crippen LogP contribution in [-0.2, 0) is 6.54 Å². The van der Waals surface area contributed by atoms with Crippen molar-refractivity contribution in [3.8, 4) is 23.1 Å². The van der Waals surface area contributed by atoms with Crippen LogP contribution in [0, 0.1) is 0 Å². The molecule has 0 amide bonds. The molecule has 2 aromatic heterocycles. The quantitative estimate of drug-likeness (QED) is 0.395. The van der Waals surface area contributed by atoms with Crippen molar-refractivity contribution < 1.29 is 13.9 Å². The minimum Gasteiger partial charge on any atom is -0.497 e. The Morgan fingerprint density at radius 1 is 1.28 bits per heavy atom. The number of nitrogens with one attached hydrogen (secondary N) is 3. The van der Waals surface area contributed by atoms with E-state index in [-0.39, 0.29) is 6.04 Å². The number of H-pyrrole nitrogens is 1. The van der Waals surface area contributed by atoms with Crippen molar-refractivity contribution in [2.24, 2.45) is 4.99 Å². The van der Waals surface area contributed by atoms with Crippen LogP contribution in [0.4, 0.5) is 0 Å². The van der Waals surface area contributed by atoms with Crippen LogP contribution in [0.2, 0.25) is 0 Å². The highest BCUT2D eigenvalue weighted by Crippen LogP contribution is 2.29. The van der Waals surface area contributed by atoms with Crippen LogP contribution in [0.3, 0.4) is 0 Å². The lowest BCUT2D eigenvalue weighted by atomic mass is 10.1. The molecule has 154 valence electrons. The second-order valence-electron chi connectivity index (χ2n) is 6.25. The number of rotatable bonds is 8. The van der Waals surface area contributed by atoms with Crippen molar-refractivity contribution in [3.63, 3.8) is 0 Å². The average molecular weight is 398 g/mol. The van der Waals surface area contributed by atoms with Crippen molar-refractivity contribution in [1.82, 2.24) is 25.8 Å². The maximum atomic E-state index is 5.49. The number of benzene rings is 1. The van der Waals surface area contributed by atoms with E-state index in [0.29, 0.717) is 29.9 Å². The molecule has 1 atom stereocenters. The molecule has 0 bridgehead atoms. The standard InChI is InChI=1S/C20H26N6O3/c1-5-21-20(22-12-18-24-19(26-25-18)17-7-6-10-29-17)23-13(2)15-11-14(27-3)8-9-16(15)28-4/h6-11,13H,5,12H2,1-4H3,(H2,21,22,23)(H,24,25,26). The first kappa shape index (κ1) is 20.2. The molecular weight excluding hydrogens is 372 g/mol. The Kier molecular flexibility index (Phi) is 6.72. The molecule has 9 heteroatoms. The lowest BCUT2D eigenvalue weighted by Gasteiger charge is -2.20. The lowest BCUT2D eigenvalue weighted by molar-refractivity contribution is 0.394. The Balaban J connectivity index is 1.72. The van der Waals surface area contributed by atoms with E-state index >= 15 is 0 Å². The number of aromatic nitrogens is 3. The van der Waals surface area contributed by atoms with Crippen LogP contribution in [-0.4, -0.2) is 41.9 Å². The van der Waals surface area contributed by atoms with Crippen LogP contribution >= 0.6 is 0 Å². The summed E-state index contributed by atoms with van der Waals surface area (Å²) in [4.78, 5) is 9.01. The molecule has 9 nitrogen and oxygen atoms in total. The van der Waals surface area contributed by atoms with E-state index in [9.17, 15) is 0 Å². The molecule has 29 heavy (non-hydrogen) atoms. The number of guanidine groups is 1. The summed E-state index contributed by atoms with van der Waals surface area (Å²) in [6.45, 7) is 5.11. The fourth-order valence-corrected chi connectivity index (χ4v) is 2.82. The highest BCUT2D eigenvalue weighted by atomic mass is 16.5. The molecule has 0 aliphatic carbocycles. The molecule has 2 heterocycles. The van der Waals surface area contributed by atoms with E-state index in [4.69, 9.17) is 13.9 Å². The van der Waals surface area contributed by atoms with Gasteiger partial charge in [-0.1, -0.05) is 0 Å². The zero-order valence-corrected chi connectivity index (χ0v) is 17.0. The summed E-state index contributed by atoms with van der Waals surface area (Å²) in [5.41, 5.74) is 0.970. The first-order valence-corrected chi connectivity index (χ1v) is 9.36. The SMILES string of the molecule is CCNC(=NCc1nc(-c2ccco2)n[nH]1)NC(C)c1cc(OC)ccc1OC. The second-order valence-corrected chi connectivity index (χ2v) is 6.25. The number of furan rings is 1. The van der Waals surface area contributed by atoms with E-state index < -0.39 is 0 Å². The smallest absolute Gasteiger partial charge is 0.216 e. The summed E-state index contributed by atoms with van der Waals surface area (Å²) in [5.74, 6) is 3.96. The average Bonchev–Trinajstić information content (AvgIpc) is 3.43. The predicted octanol–water partition coefficient (Wildman–Crippen LogP) is 2.90. The molecule has 0 spiro atoms. The molecule has 0 saturated carbocycles. The Morgan fingerprint density at radius 3 is 2.83 bits per heavy atom. The van der Waals surface area contributed by atoms with Crippen molar-refractivity contribution in [1.29, 1.82) is 0 Å². The number of nitrogens with zero attached hydrogens (tertiary/aromatic N) is 3. The van der Waals surface area contributed by atoms with Gasteiger partial charge in [-0.05, 0) is 44.2 Å². The first-order valence-electron chi connectivity index (χ1n) is 9.36. The second kappa shape index (κ2) is 9.63. The molecule has 1 unspecified atom stereocenters. The monoisotopic (exact) mass is 398 g/mol. The fourth-order valence-electron chi connectivity index (χ4n) is 2.82. The Bertz CT molecular complexity index is 936. The Hall–Kier alpha value is -3.49. The molecule has 3 rings (SSSR count). The number of aliphatic imine (C=N–C) groups is 1. The Labute approximate surface area is 169 Å². The fraction of sp³-hybridized carbons (Fsp3) is 0.350. The zero-order chi connectivity index (χ0) is 20.6. The van der Waals surface area contributed by atoms with Gasteiger partial charge >= 0.3 is 0 Å². The van der Waals surface area contributed by atoms with Gasteiger partial charge in [-0.2, -0.15) is 0 Å². The van der Waals surface area contributed by atoms with Gasteiger partial charge in [-0.25, -0.2) is 9.98 Å². The number of ether oxygens (including phenoxy) is 2. The van der Waals surface area contributed by atoms with Crippen LogP contribution in [0.25, 0.3) is 11.6 Å². The lowest BCUT2D eigenvalue weighted by Crippen LogP contribution is -2.38. The third kappa shape index (κ3) is 5.07. The van der Waals surface area contributed by atoms with Gasteiger partial charge in [-0.3, -0.25) is 5.10 Å². The van der Waals surface area contributed by atoms with Crippen LogP contribution in [0.15, 0.2) is 46.0 Å². The third-order valence-electron chi connectivity index (χ3n) is 4.26. The van der Waals surface area contributed by atoms with Crippen molar-refractivity contribution in [3.05, 3.63) is 48.0 Å². The van der Waals surface area contributed by atoms with Gasteiger partial charge in [0.15, 0.2) is 11.7 Å². The molecular formula is C20H26N6O3. The van der Waals surface area contributed by atoms with Crippen LogP contribution in [0.1, 0.15) is 31.3 Å². The van der Waals surface area contributed by atoms with Gasteiger partial charge in [0.2, 0.25) is 5.82 Å². The maximum Gasteiger partial charge on any atom is 0.216 e. The summed E-state index contributed by atoms with van der Waals surface area (Å²) < 4.78 is 16.1. The molecule has 3 N–H and O–H groups in total. The van der Waals surface area contributed by atoms with Crippen molar-refractivity contribution in [2.45, 2.75) is 26.4 Å². The van der Waals surface area contributed by atoms with E-state index in [1.165, 1.54) is 0 Å². The zero-order valence-electron chi connectivity index (χ0n) is 17.0. The summed E-state index contributed by atoms with van der Waals surface area (Å²) >= 11 is 0. The van der Waals surface area contributed by atoms with E-state index in [0.717, 1.165) is 23.6 Å². The third-order valence-corrected chi connectivity index (χ3v) is 4.26. The topological polar surface area (TPSA) is 110 Å². The Morgan fingerprint density at radius 2 is 2.14 bits per heavy atom. The van der Waals surface area contributed by atoms with E-state index in [1.807, 2.05) is 38.1 Å². The number of methoxy groups -OCH3 is 2. The van der Waals surface area contributed by atoms with Crippen LogP contribution in [0.5, 0.6) is 11.5 Å². The first-order chi connectivity index (χ1) is 14.1. The van der Waals surface area contributed by atoms with Gasteiger partial charge < -0.3 is 24.5 Å². The minimum absolute atomic E-state index is 0.0637. The molecule has 3 aromatic rings. The highest BCUT2D eigenvalue weighted by molar-refractivity contribution is 5.80. The van der Waals surface area contributed by atoms with E-state index in [2.05, 4.69) is 30.8 Å². The number of hydrogen-bond donors (Lipinski definition) is 3. The van der Waals surface area contributed by atoms with Crippen molar-refractivity contribution in [2.75, 3.05) is 20.8 Å². The van der Waals surface area contributed by atoms with Gasteiger partial charge in [0, 0.05) is 12.1 Å². The summed E-state index contributed by atoms with van der Waals surface area (Å²) in [6, 6.07) is 9.25. The number of aromatic amines is 1. The minimum atomic E-state index is -0.0637. The molecule has 0 radical (unpaired) electrons. The molecule has 0 saturated heterocycles. The summed E-state index contributed by atoms with van der Waals surface area (Å²) in [7, 11) is 3.29. The molecule has 1 aromatic carbocycles. The summed E-state index contributed by atoms with van der Waals surface area (Å²) in [5, 5.41) is 13.7. The van der Waals surface area contributed by atoms with Gasteiger partial charge in [-0.15, -0.1) is 5.10 Å². The predicted molar refractivity (Wildman–Crippen MR) is 110 cm³/mol. The highest BCUT2D eigenvalue weighted by Gasteiger charge is 2.15. The van der Waals surface area contributed by atoms with Gasteiger partial charge in [0.05, 0.1) is 26.5 Å². The summed E-state index contributed by atoms with van der Waals surface area (Å²) in [6.07, 6.45) is 1.59. The van der Waals surface area contributed by atoms with Gasteiger partial charge in [0.1, 0.15) is 23.9 Å². The number of hydrogen-bond acceptors (Lipinski definition) is 6.